The quantitative estimate of drug-likeness (QED) is 0.520. The number of carbonyl (C=O) groups excluding carboxylic acids is 1. The summed E-state index contributed by atoms with van der Waals surface area (Å²) in [6.07, 6.45) is 6.36. The van der Waals surface area contributed by atoms with E-state index in [1.54, 1.807) is 16.9 Å². The van der Waals surface area contributed by atoms with Crippen LogP contribution in [-0.4, -0.2) is 52.3 Å². The van der Waals surface area contributed by atoms with Gasteiger partial charge < -0.3 is 10.1 Å². The van der Waals surface area contributed by atoms with Gasteiger partial charge in [0.2, 0.25) is 5.91 Å². The molecule has 0 spiro atoms. The average Bonchev–Trinajstić information content (AvgIpc) is 3.48. The largest absolute Gasteiger partial charge is 0.381 e. The van der Waals surface area contributed by atoms with E-state index in [4.69, 9.17) is 4.74 Å². The Balaban J connectivity index is 1.53. The Morgan fingerprint density at radius 2 is 2.00 bits per heavy atom. The van der Waals surface area contributed by atoms with Crippen LogP contribution in [-0.2, 0) is 25.9 Å². The highest BCUT2D eigenvalue weighted by Crippen LogP contribution is 2.39. The number of halogens is 1. The summed E-state index contributed by atoms with van der Waals surface area (Å²) < 4.78 is 49.4. The third kappa shape index (κ3) is 4.34. The van der Waals surface area contributed by atoms with Gasteiger partial charge >= 0.3 is 0 Å². The third-order valence-electron chi connectivity index (χ3n) is 6.64. The summed E-state index contributed by atoms with van der Waals surface area (Å²) in [7, 11) is -3.79. The number of benzene rings is 1. The smallest absolute Gasteiger partial charge is 0.250 e. The lowest BCUT2D eigenvalue weighted by Crippen LogP contribution is -2.30. The molecule has 1 aliphatic carbocycles. The summed E-state index contributed by atoms with van der Waals surface area (Å²) in [5.74, 6) is -0.404. The van der Waals surface area contributed by atoms with Gasteiger partial charge in [0.25, 0.3) is 0 Å². The molecular formula is C23H28FN5O4S. The van der Waals surface area contributed by atoms with Crippen molar-refractivity contribution in [3.05, 3.63) is 36.4 Å². The second-order valence-electron chi connectivity index (χ2n) is 9.00. The number of rotatable bonds is 8. The number of nitrogens with one attached hydrogen (secondary N) is 1. The van der Waals surface area contributed by atoms with Crippen LogP contribution >= 0.6 is 0 Å². The number of carbonyl (C=O) groups is 1. The van der Waals surface area contributed by atoms with Crippen LogP contribution in [0.5, 0.6) is 0 Å². The van der Waals surface area contributed by atoms with E-state index in [0.29, 0.717) is 50.4 Å². The van der Waals surface area contributed by atoms with Gasteiger partial charge in [-0.2, -0.15) is 10.2 Å². The molecule has 182 valence electrons. The maximum atomic E-state index is 14.7. The highest BCUT2D eigenvalue weighted by Gasteiger charge is 2.40. The molecular weight excluding hydrogens is 461 g/mol. The fraction of sp³-hybridized carbons (Fsp3) is 0.522. The summed E-state index contributed by atoms with van der Waals surface area (Å²) in [4.78, 5) is 13.1. The molecule has 1 unspecified atom stereocenters. The van der Waals surface area contributed by atoms with Crippen molar-refractivity contribution in [2.45, 2.75) is 61.8 Å². The fourth-order valence-electron chi connectivity index (χ4n) is 4.58. The van der Waals surface area contributed by atoms with E-state index < -0.39 is 26.9 Å². The predicted octanol–water partition coefficient (Wildman–Crippen LogP) is 3.32. The monoisotopic (exact) mass is 489 g/mol. The SMILES string of the molecule is CCn1ccc(NC(=O)C(CC2CCOCC2)n2ncc3c(S(=O)(=O)C4CC4)c(F)ccc32)n1. The van der Waals surface area contributed by atoms with E-state index in [1.165, 1.54) is 16.9 Å². The molecule has 11 heteroatoms. The normalized spacial score (nSPS) is 18.3. The maximum absolute atomic E-state index is 14.7. The highest BCUT2D eigenvalue weighted by atomic mass is 32.2. The van der Waals surface area contributed by atoms with Crippen LogP contribution in [0, 0.1) is 11.7 Å². The molecule has 1 saturated carbocycles. The second-order valence-corrected chi connectivity index (χ2v) is 11.2. The fourth-order valence-corrected chi connectivity index (χ4v) is 6.48. The summed E-state index contributed by atoms with van der Waals surface area (Å²) in [5, 5.41) is 11.3. The lowest BCUT2D eigenvalue weighted by molar-refractivity contribution is -0.120. The van der Waals surface area contributed by atoms with Gasteiger partial charge in [-0.3, -0.25) is 14.2 Å². The van der Waals surface area contributed by atoms with Gasteiger partial charge in [0.05, 0.1) is 17.0 Å². The summed E-state index contributed by atoms with van der Waals surface area (Å²) in [6.45, 7) is 3.90. The number of anilines is 1. The van der Waals surface area contributed by atoms with Gasteiger partial charge in [0, 0.05) is 37.4 Å². The Bertz CT molecular complexity index is 1310. The molecule has 34 heavy (non-hydrogen) atoms. The Morgan fingerprint density at radius 3 is 2.68 bits per heavy atom. The third-order valence-corrected chi connectivity index (χ3v) is 8.98. The number of aryl methyl sites for hydroxylation is 1. The summed E-state index contributed by atoms with van der Waals surface area (Å²) in [5.41, 5.74) is 0.423. The van der Waals surface area contributed by atoms with Crippen LogP contribution in [0.3, 0.4) is 0 Å². The first-order valence-electron chi connectivity index (χ1n) is 11.7. The standard InChI is InChI=1S/C23H28FN5O4S/c1-2-28-10-7-21(27-28)26-23(30)20(13-15-8-11-33-12-9-15)29-19-6-5-18(24)22(17(19)14-25-29)34(31,32)16-3-4-16/h5-7,10,14-16,20H,2-4,8-9,11-13H2,1H3,(H,26,27,30). The minimum atomic E-state index is -3.79. The number of sulfone groups is 1. The second kappa shape index (κ2) is 9.10. The zero-order valence-electron chi connectivity index (χ0n) is 19.0. The maximum Gasteiger partial charge on any atom is 0.250 e. The lowest BCUT2D eigenvalue weighted by Gasteiger charge is -2.26. The van der Waals surface area contributed by atoms with Crippen molar-refractivity contribution in [1.82, 2.24) is 19.6 Å². The van der Waals surface area contributed by atoms with E-state index in [0.717, 1.165) is 18.9 Å². The van der Waals surface area contributed by atoms with Gasteiger partial charge in [0.15, 0.2) is 15.7 Å². The zero-order chi connectivity index (χ0) is 23.9. The number of amides is 1. The van der Waals surface area contributed by atoms with E-state index in [-0.39, 0.29) is 22.1 Å². The zero-order valence-corrected chi connectivity index (χ0v) is 19.8. The van der Waals surface area contributed by atoms with Crippen molar-refractivity contribution in [2.24, 2.45) is 5.92 Å². The number of nitrogens with zero attached hydrogens (tertiary/aromatic N) is 4. The predicted molar refractivity (Wildman–Crippen MR) is 124 cm³/mol. The Kier molecular flexibility index (Phi) is 6.15. The first-order valence-corrected chi connectivity index (χ1v) is 13.2. The molecule has 3 heterocycles. The van der Waals surface area contributed by atoms with Crippen molar-refractivity contribution < 1.29 is 22.3 Å². The molecule has 3 aromatic rings. The van der Waals surface area contributed by atoms with Crippen LogP contribution in [0.1, 0.15) is 45.1 Å². The molecule has 2 aromatic heterocycles. The number of hydrogen-bond acceptors (Lipinski definition) is 6. The lowest BCUT2D eigenvalue weighted by atomic mass is 9.92. The number of fused-ring (bicyclic) bond motifs is 1. The van der Waals surface area contributed by atoms with Crippen LogP contribution in [0.25, 0.3) is 10.9 Å². The molecule has 1 aromatic carbocycles. The summed E-state index contributed by atoms with van der Waals surface area (Å²) >= 11 is 0. The van der Waals surface area contributed by atoms with E-state index >= 15 is 0 Å². The van der Waals surface area contributed by atoms with Gasteiger partial charge in [0.1, 0.15) is 16.8 Å². The summed E-state index contributed by atoms with van der Waals surface area (Å²) in [6, 6.07) is 3.67. The first kappa shape index (κ1) is 23.0. The van der Waals surface area contributed by atoms with Crippen molar-refractivity contribution in [3.63, 3.8) is 0 Å². The van der Waals surface area contributed by atoms with Crippen LogP contribution in [0.2, 0.25) is 0 Å². The Labute approximate surface area is 197 Å². The minimum Gasteiger partial charge on any atom is -0.381 e. The molecule has 2 fully saturated rings. The van der Waals surface area contributed by atoms with Gasteiger partial charge in [-0.05, 0) is 57.1 Å². The Morgan fingerprint density at radius 1 is 1.24 bits per heavy atom. The molecule has 1 aliphatic heterocycles. The van der Waals surface area contributed by atoms with Crippen LogP contribution in [0.4, 0.5) is 10.2 Å². The Hall–Kier alpha value is -2.79. The van der Waals surface area contributed by atoms with Crippen molar-refractivity contribution in [1.29, 1.82) is 0 Å². The van der Waals surface area contributed by atoms with E-state index in [2.05, 4.69) is 15.5 Å². The number of hydrogen-bond donors (Lipinski definition) is 1. The topological polar surface area (TPSA) is 108 Å². The molecule has 5 rings (SSSR count). The molecule has 1 amide bonds. The first-order chi connectivity index (χ1) is 16.4. The van der Waals surface area contributed by atoms with Crippen LogP contribution in [0.15, 0.2) is 35.5 Å². The molecule has 0 bridgehead atoms. The highest BCUT2D eigenvalue weighted by molar-refractivity contribution is 7.92. The molecule has 2 aliphatic rings. The van der Waals surface area contributed by atoms with Gasteiger partial charge in [-0.25, -0.2) is 12.8 Å². The molecule has 0 radical (unpaired) electrons. The number of aromatic nitrogens is 4. The van der Waals surface area contributed by atoms with Gasteiger partial charge in [-0.1, -0.05) is 0 Å². The van der Waals surface area contributed by atoms with Gasteiger partial charge in [-0.15, -0.1) is 0 Å². The molecule has 1 saturated heterocycles. The number of ether oxygens (including phenoxy) is 1. The minimum absolute atomic E-state index is 0.215. The molecule has 1 N–H and O–H groups in total. The van der Waals surface area contributed by atoms with E-state index in [1.807, 2.05) is 6.92 Å². The molecule has 1 atom stereocenters. The van der Waals surface area contributed by atoms with Crippen LogP contribution < -0.4 is 5.32 Å². The molecule has 9 nitrogen and oxygen atoms in total. The van der Waals surface area contributed by atoms with Crippen molar-refractivity contribution >= 4 is 32.5 Å². The average molecular weight is 490 g/mol. The van der Waals surface area contributed by atoms with E-state index in [9.17, 15) is 17.6 Å². The van der Waals surface area contributed by atoms with Crippen molar-refractivity contribution in [3.8, 4) is 0 Å². The van der Waals surface area contributed by atoms with Crippen molar-refractivity contribution in [2.75, 3.05) is 18.5 Å².